The van der Waals surface area contributed by atoms with Crippen LogP contribution in [0.3, 0.4) is 0 Å². The Kier molecular flexibility index (Phi) is 4.65. The van der Waals surface area contributed by atoms with Gasteiger partial charge in [-0.25, -0.2) is 9.78 Å². The van der Waals surface area contributed by atoms with Crippen molar-refractivity contribution in [3.8, 4) is 0 Å². The summed E-state index contributed by atoms with van der Waals surface area (Å²) in [4.78, 5) is 34.8. The first-order chi connectivity index (χ1) is 14.7. The Morgan fingerprint density at radius 3 is 2.61 bits per heavy atom. The summed E-state index contributed by atoms with van der Waals surface area (Å²) >= 11 is 1.20. The minimum absolute atomic E-state index is 0.00830. The van der Waals surface area contributed by atoms with Gasteiger partial charge in [0.15, 0.2) is 11.3 Å². The van der Waals surface area contributed by atoms with E-state index in [1.807, 2.05) is 21.6 Å². The van der Waals surface area contributed by atoms with Gasteiger partial charge in [0.2, 0.25) is 0 Å². The van der Waals surface area contributed by atoms with E-state index in [0.717, 1.165) is 30.7 Å². The van der Waals surface area contributed by atoms with E-state index < -0.39 is 0 Å². The first kappa shape index (κ1) is 20.2. The Bertz CT molecular complexity index is 1190. The number of piperidine rings is 2. The number of piperazine rings is 1. The lowest BCUT2D eigenvalue weighted by atomic mass is 9.90. The second kappa shape index (κ2) is 7.15. The van der Waals surface area contributed by atoms with Crippen LogP contribution in [0.25, 0.3) is 11.2 Å². The maximum Gasteiger partial charge on any atom is 0.330 e. The molecule has 164 valence electrons. The van der Waals surface area contributed by atoms with Crippen molar-refractivity contribution < 1.29 is 4.79 Å². The molecular weight excluding hydrogens is 414 g/mol. The van der Waals surface area contributed by atoms with Crippen molar-refractivity contribution >= 4 is 34.4 Å². The fourth-order valence-electron chi connectivity index (χ4n) is 4.81. The third-order valence-electron chi connectivity index (χ3n) is 6.26. The number of hydrogen-bond acceptors (Lipinski definition) is 7. The number of fused-ring (bicyclic) bond motifs is 4. The van der Waals surface area contributed by atoms with Crippen LogP contribution in [0, 0.1) is 5.41 Å². The van der Waals surface area contributed by atoms with E-state index in [2.05, 4.69) is 35.3 Å². The van der Waals surface area contributed by atoms with Crippen LogP contribution in [0.5, 0.6) is 0 Å². The molecule has 6 heterocycles. The van der Waals surface area contributed by atoms with Crippen LogP contribution in [0.15, 0.2) is 22.3 Å². The van der Waals surface area contributed by atoms with E-state index in [1.165, 1.54) is 11.5 Å². The van der Waals surface area contributed by atoms with Crippen molar-refractivity contribution in [2.45, 2.75) is 52.2 Å². The van der Waals surface area contributed by atoms with Gasteiger partial charge in [-0.2, -0.15) is 0 Å². The molecule has 0 aromatic carbocycles. The predicted molar refractivity (Wildman–Crippen MR) is 120 cm³/mol. The molecule has 3 aromatic rings. The molecule has 3 aromatic heterocycles. The van der Waals surface area contributed by atoms with Crippen LogP contribution < -0.4 is 10.6 Å². The lowest BCUT2D eigenvalue weighted by molar-refractivity contribution is 0.0498. The highest BCUT2D eigenvalue weighted by atomic mass is 32.1. The first-order valence-electron chi connectivity index (χ1n) is 10.6. The van der Waals surface area contributed by atoms with Crippen molar-refractivity contribution in [3.63, 3.8) is 0 Å². The third-order valence-corrected chi connectivity index (χ3v) is 6.77. The summed E-state index contributed by atoms with van der Waals surface area (Å²) in [5.41, 5.74) is 1.95. The normalized spacial score (nSPS) is 21.3. The van der Waals surface area contributed by atoms with E-state index in [1.54, 1.807) is 17.0 Å². The Morgan fingerprint density at radius 2 is 1.97 bits per heavy atom. The first-order valence-corrected chi connectivity index (χ1v) is 11.5. The monoisotopic (exact) mass is 441 g/mol. The predicted octanol–water partition coefficient (Wildman–Crippen LogP) is 2.13. The molecule has 0 unspecified atom stereocenters. The Hall–Kier alpha value is -2.75. The summed E-state index contributed by atoms with van der Waals surface area (Å²) in [7, 11) is 1.78. The molecule has 0 spiro atoms. The average molecular weight is 442 g/mol. The molecule has 10 heteroatoms. The lowest BCUT2D eigenvalue weighted by Gasteiger charge is -2.51. The molecule has 31 heavy (non-hydrogen) atoms. The summed E-state index contributed by atoms with van der Waals surface area (Å²) in [6, 6.07) is 4.36. The number of nitrogens with zero attached hydrogens (tertiary/aromatic N) is 7. The van der Waals surface area contributed by atoms with Gasteiger partial charge in [-0.1, -0.05) is 25.3 Å². The van der Waals surface area contributed by atoms with Gasteiger partial charge in [0.25, 0.3) is 5.91 Å². The van der Waals surface area contributed by atoms with Gasteiger partial charge in [-0.3, -0.25) is 13.9 Å². The van der Waals surface area contributed by atoms with Crippen LogP contribution >= 0.6 is 11.5 Å². The summed E-state index contributed by atoms with van der Waals surface area (Å²) in [5.74, 6) is 0.835. The molecular formula is C21H27N7O2S. The number of hydrogen-bond donors (Lipinski definition) is 0. The van der Waals surface area contributed by atoms with E-state index in [-0.39, 0.29) is 29.1 Å². The number of rotatable bonds is 3. The smallest absolute Gasteiger partial charge is 0.330 e. The Balaban J connectivity index is 1.44. The maximum atomic E-state index is 12.8. The van der Waals surface area contributed by atoms with Gasteiger partial charge in [-0.05, 0) is 41.9 Å². The molecule has 0 aliphatic carbocycles. The van der Waals surface area contributed by atoms with Crippen molar-refractivity contribution in [2.24, 2.45) is 12.5 Å². The highest BCUT2D eigenvalue weighted by Crippen LogP contribution is 2.33. The molecule has 2 bridgehead atoms. The van der Waals surface area contributed by atoms with Gasteiger partial charge < -0.3 is 9.80 Å². The average Bonchev–Trinajstić information content (AvgIpc) is 3.36. The number of aromatic nitrogens is 5. The number of carbonyl (C=O) groups excluding carboxylic acids is 1. The molecule has 3 fully saturated rings. The summed E-state index contributed by atoms with van der Waals surface area (Å²) in [5, 5.41) is 5.66. The highest BCUT2D eigenvalue weighted by molar-refractivity contribution is 7.03. The summed E-state index contributed by atoms with van der Waals surface area (Å²) in [6.07, 6.45) is 2.00. The van der Waals surface area contributed by atoms with Crippen LogP contribution in [0.4, 0.5) is 5.82 Å². The summed E-state index contributed by atoms with van der Waals surface area (Å²) < 4.78 is 7.28. The zero-order valence-corrected chi connectivity index (χ0v) is 19.1. The molecule has 1 amide bonds. The summed E-state index contributed by atoms with van der Waals surface area (Å²) in [6.45, 7) is 8.41. The van der Waals surface area contributed by atoms with E-state index in [9.17, 15) is 9.59 Å². The topological polar surface area (TPSA) is 89.2 Å². The molecule has 3 saturated heterocycles. The van der Waals surface area contributed by atoms with Gasteiger partial charge in [0.1, 0.15) is 5.82 Å². The number of aryl methyl sites for hydroxylation is 1. The van der Waals surface area contributed by atoms with Gasteiger partial charge in [-0.15, -0.1) is 5.10 Å². The fourth-order valence-corrected chi connectivity index (χ4v) is 5.24. The second-order valence-electron chi connectivity index (χ2n) is 9.79. The number of amides is 1. The second-order valence-corrected chi connectivity index (χ2v) is 10.4. The van der Waals surface area contributed by atoms with Gasteiger partial charge in [0, 0.05) is 44.1 Å². The number of pyridine rings is 1. The van der Waals surface area contributed by atoms with Crippen LogP contribution in [0.2, 0.25) is 0 Å². The molecule has 2 atom stereocenters. The minimum atomic E-state index is -0.0385. The van der Waals surface area contributed by atoms with Crippen LogP contribution in [0.1, 0.15) is 44.1 Å². The van der Waals surface area contributed by atoms with E-state index in [0.29, 0.717) is 24.4 Å². The molecule has 3 aliphatic heterocycles. The van der Waals surface area contributed by atoms with Crippen molar-refractivity contribution in [2.75, 3.05) is 18.0 Å². The Morgan fingerprint density at radius 1 is 1.19 bits per heavy atom. The number of carbonyl (C=O) groups is 1. The van der Waals surface area contributed by atoms with Gasteiger partial charge >= 0.3 is 5.69 Å². The quantitative estimate of drug-likeness (QED) is 0.619. The fraction of sp³-hybridized carbons (Fsp3) is 0.571. The Labute approximate surface area is 184 Å². The minimum Gasteiger partial charge on any atom is -0.350 e. The third kappa shape index (κ3) is 3.42. The van der Waals surface area contributed by atoms with E-state index in [4.69, 9.17) is 4.98 Å². The standard InChI is InChI=1S/C21H27N7O2S/c1-21(2,3)12-28-16-7-8-17(22-18(16)25(4)20(28)30)26-9-14-6-5-13(26)10-27(14)19(29)15-11-31-24-23-15/h7-8,11,13-14H,5-6,9-10,12H2,1-4H3/t13-,14-/m1/s1. The molecule has 3 aliphatic rings. The van der Waals surface area contributed by atoms with E-state index >= 15 is 0 Å². The molecule has 9 nitrogen and oxygen atoms in total. The van der Waals surface area contributed by atoms with Crippen LogP contribution in [-0.4, -0.2) is 59.7 Å². The highest BCUT2D eigenvalue weighted by Gasteiger charge is 2.42. The van der Waals surface area contributed by atoms with Crippen molar-refractivity contribution in [1.29, 1.82) is 0 Å². The van der Waals surface area contributed by atoms with Crippen molar-refractivity contribution in [3.05, 3.63) is 33.7 Å². The van der Waals surface area contributed by atoms with Crippen LogP contribution in [-0.2, 0) is 13.6 Å². The lowest BCUT2D eigenvalue weighted by Crippen LogP contribution is -2.64. The largest absolute Gasteiger partial charge is 0.350 e. The molecule has 6 rings (SSSR count). The zero-order valence-electron chi connectivity index (χ0n) is 18.3. The number of imidazole rings is 1. The maximum absolute atomic E-state index is 12.8. The zero-order chi connectivity index (χ0) is 21.9. The SMILES string of the molecule is Cn1c(=O)n(CC(C)(C)C)c2ccc(N3C[C@H]4CC[C@@H]3CN4C(=O)c3csnn3)nc21. The molecule has 0 N–H and O–H groups in total. The molecule has 0 radical (unpaired) electrons. The van der Waals surface area contributed by atoms with Crippen molar-refractivity contribution in [1.82, 2.24) is 28.6 Å². The number of anilines is 1. The molecule has 0 saturated carbocycles. The van der Waals surface area contributed by atoms with Gasteiger partial charge in [0.05, 0.1) is 5.52 Å².